The van der Waals surface area contributed by atoms with Gasteiger partial charge in [-0.25, -0.2) is 4.79 Å². The van der Waals surface area contributed by atoms with Gasteiger partial charge in [0.25, 0.3) is 0 Å². The Balaban J connectivity index is 1.94. The molecule has 0 aliphatic heterocycles. The maximum atomic E-state index is 13.5. The predicted octanol–water partition coefficient (Wildman–Crippen LogP) is 5.29. The zero-order valence-corrected chi connectivity index (χ0v) is 20.5. The van der Waals surface area contributed by atoms with Gasteiger partial charge in [0.05, 0.1) is 12.5 Å². The van der Waals surface area contributed by atoms with Crippen molar-refractivity contribution in [2.24, 2.45) is 0 Å². The van der Waals surface area contributed by atoms with Crippen LogP contribution >= 0.6 is 11.3 Å². The Morgan fingerprint density at radius 3 is 2.42 bits per heavy atom. The number of benzene rings is 2. The summed E-state index contributed by atoms with van der Waals surface area (Å²) in [6, 6.07) is 19.5. The maximum Gasteiger partial charge on any atom is 0.319 e. The van der Waals surface area contributed by atoms with Crippen molar-refractivity contribution >= 4 is 34.6 Å². The number of carbonyl (C=O) groups is 2. The van der Waals surface area contributed by atoms with E-state index in [1.165, 1.54) is 0 Å². The van der Waals surface area contributed by atoms with Crippen molar-refractivity contribution in [3.63, 3.8) is 0 Å². The van der Waals surface area contributed by atoms with Gasteiger partial charge in [0.1, 0.15) is 0 Å². The molecule has 0 aliphatic rings. The van der Waals surface area contributed by atoms with E-state index >= 15 is 0 Å². The molecule has 1 unspecified atom stereocenters. The van der Waals surface area contributed by atoms with E-state index in [1.54, 1.807) is 11.3 Å². The van der Waals surface area contributed by atoms with Crippen LogP contribution in [0.2, 0.25) is 0 Å². The largest absolute Gasteiger partial charge is 0.377 e. The lowest BCUT2D eigenvalue weighted by atomic mass is 10.0. The number of hydrogen-bond donors (Lipinski definition) is 2. The first-order valence-corrected chi connectivity index (χ1v) is 12.0. The van der Waals surface area contributed by atoms with E-state index < -0.39 is 0 Å². The first-order chi connectivity index (χ1) is 15.9. The van der Waals surface area contributed by atoms with Gasteiger partial charge < -0.3 is 20.4 Å². The van der Waals surface area contributed by atoms with Crippen molar-refractivity contribution in [2.75, 3.05) is 30.9 Å². The molecule has 33 heavy (non-hydrogen) atoms. The smallest absolute Gasteiger partial charge is 0.319 e. The average Bonchev–Trinajstić information content (AvgIpc) is 3.30. The van der Waals surface area contributed by atoms with Crippen molar-refractivity contribution in [3.8, 4) is 0 Å². The summed E-state index contributed by atoms with van der Waals surface area (Å²) in [6.45, 7) is 4.92. The molecule has 7 heteroatoms. The summed E-state index contributed by atoms with van der Waals surface area (Å²) in [7, 11) is 3.96. The molecule has 1 aromatic heterocycles. The van der Waals surface area contributed by atoms with Crippen LogP contribution in [0.1, 0.15) is 35.9 Å². The molecule has 1 atom stereocenters. The molecular formula is C26H32N4O2S. The number of nitrogens with one attached hydrogen (secondary N) is 2. The number of rotatable bonds is 9. The fourth-order valence-electron chi connectivity index (χ4n) is 3.76. The van der Waals surface area contributed by atoms with Gasteiger partial charge in [-0.15, -0.1) is 11.3 Å². The van der Waals surface area contributed by atoms with E-state index in [9.17, 15) is 9.59 Å². The van der Waals surface area contributed by atoms with Gasteiger partial charge in [0.15, 0.2) is 0 Å². The highest BCUT2D eigenvalue weighted by atomic mass is 32.1. The summed E-state index contributed by atoms with van der Waals surface area (Å²) in [5.74, 6) is 0.0700. The van der Waals surface area contributed by atoms with Crippen LogP contribution in [0.15, 0.2) is 66.0 Å². The van der Waals surface area contributed by atoms with Gasteiger partial charge in [-0.3, -0.25) is 4.79 Å². The first-order valence-electron chi connectivity index (χ1n) is 11.1. The van der Waals surface area contributed by atoms with E-state index in [4.69, 9.17) is 0 Å². The van der Waals surface area contributed by atoms with Crippen LogP contribution in [0.4, 0.5) is 16.2 Å². The molecule has 1 heterocycles. The van der Waals surface area contributed by atoms with E-state index in [2.05, 4.69) is 29.7 Å². The molecule has 2 N–H and O–H groups in total. The second-order valence-corrected chi connectivity index (χ2v) is 9.12. The number of nitrogens with zero attached hydrogens (tertiary/aromatic N) is 2. The fourth-order valence-corrected chi connectivity index (χ4v) is 4.46. The molecular weight excluding hydrogens is 432 g/mol. The van der Waals surface area contributed by atoms with Crippen LogP contribution in [-0.2, 0) is 17.8 Å². The minimum absolute atomic E-state index is 0.0700. The van der Waals surface area contributed by atoms with Crippen molar-refractivity contribution < 1.29 is 9.59 Å². The Hall–Kier alpha value is -3.32. The van der Waals surface area contributed by atoms with Gasteiger partial charge in [0.2, 0.25) is 5.91 Å². The molecule has 6 nitrogen and oxygen atoms in total. The lowest BCUT2D eigenvalue weighted by Crippen LogP contribution is -2.34. The van der Waals surface area contributed by atoms with Crippen molar-refractivity contribution in [1.82, 2.24) is 10.2 Å². The van der Waals surface area contributed by atoms with E-state index in [0.29, 0.717) is 25.2 Å². The SMILES string of the molecule is CCNC(=O)Nc1ccc(N(C)C)c(CN(C(=O)Cc2cccs2)C(C)c2ccccc2)c1. The second kappa shape index (κ2) is 11.5. The molecule has 0 radical (unpaired) electrons. The third-order valence-corrected chi connectivity index (χ3v) is 6.35. The zero-order valence-electron chi connectivity index (χ0n) is 19.7. The van der Waals surface area contributed by atoms with Crippen LogP contribution in [0.3, 0.4) is 0 Å². The minimum Gasteiger partial charge on any atom is -0.377 e. The lowest BCUT2D eigenvalue weighted by Gasteiger charge is -2.31. The Labute approximate surface area is 200 Å². The van der Waals surface area contributed by atoms with Crippen LogP contribution in [-0.4, -0.2) is 37.5 Å². The highest BCUT2D eigenvalue weighted by Gasteiger charge is 2.24. The highest BCUT2D eigenvalue weighted by molar-refractivity contribution is 7.10. The number of carbonyl (C=O) groups excluding carboxylic acids is 2. The quantitative estimate of drug-likeness (QED) is 0.452. The highest BCUT2D eigenvalue weighted by Crippen LogP contribution is 2.29. The van der Waals surface area contributed by atoms with E-state index in [0.717, 1.165) is 21.7 Å². The summed E-state index contributed by atoms with van der Waals surface area (Å²) in [5.41, 5.74) is 3.75. The monoisotopic (exact) mass is 464 g/mol. The molecule has 0 aliphatic carbocycles. The summed E-state index contributed by atoms with van der Waals surface area (Å²) >= 11 is 1.59. The summed E-state index contributed by atoms with van der Waals surface area (Å²) in [6.07, 6.45) is 0.364. The number of amides is 3. The van der Waals surface area contributed by atoms with Crippen molar-refractivity contribution in [2.45, 2.75) is 32.9 Å². The Bertz CT molecular complexity index is 1050. The molecule has 0 saturated heterocycles. The normalized spacial score (nSPS) is 11.5. The van der Waals surface area contributed by atoms with Crippen LogP contribution in [0, 0.1) is 0 Å². The number of anilines is 2. The molecule has 2 aromatic carbocycles. The number of urea groups is 1. The van der Waals surface area contributed by atoms with Crippen molar-refractivity contribution in [1.29, 1.82) is 0 Å². The standard InChI is InChI=1S/C26H32N4O2S/c1-5-27-26(32)28-22-13-14-24(29(3)4)21(16-22)18-30(19(2)20-10-7-6-8-11-20)25(31)17-23-12-9-15-33-23/h6-16,19H,5,17-18H2,1-4H3,(H2,27,28,32). The Morgan fingerprint density at radius 2 is 1.79 bits per heavy atom. The summed E-state index contributed by atoms with van der Waals surface area (Å²) < 4.78 is 0. The zero-order chi connectivity index (χ0) is 23.8. The molecule has 0 bridgehead atoms. The topological polar surface area (TPSA) is 64.7 Å². The summed E-state index contributed by atoms with van der Waals surface area (Å²) in [4.78, 5) is 30.5. The van der Waals surface area contributed by atoms with Crippen LogP contribution in [0.5, 0.6) is 0 Å². The van der Waals surface area contributed by atoms with Crippen LogP contribution < -0.4 is 15.5 Å². The number of thiophene rings is 1. The predicted molar refractivity (Wildman–Crippen MR) is 137 cm³/mol. The van der Waals surface area contributed by atoms with E-state index in [1.807, 2.05) is 84.7 Å². The first kappa shape index (κ1) is 24.3. The van der Waals surface area contributed by atoms with Gasteiger partial charge in [-0.05, 0) is 54.6 Å². The third-order valence-electron chi connectivity index (χ3n) is 5.47. The average molecular weight is 465 g/mol. The Morgan fingerprint density at radius 1 is 1.03 bits per heavy atom. The molecule has 3 rings (SSSR count). The maximum absolute atomic E-state index is 13.5. The van der Waals surface area contributed by atoms with E-state index in [-0.39, 0.29) is 18.0 Å². The fraction of sp³-hybridized carbons (Fsp3) is 0.308. The third kappa shape index (κ3) is 6.58. The van der Waals surface area contributed by atoms with Gasteiger partial charge in [0, 0.05) is 43.4 Å². The molecule has 0 fully saturated rings. The Kier molecular flexibility index (Phi) is 8.49. The molecule has 0 saturated carbocycles. The lowest BCUT2D eigenvalue weighted by molar-refractivity contribution is -0.133. The molecule has 3 aromatic rings. The van der Waals surface area contributed by atoms with Gasteiger partial charge >= 0.3 is 6.03 Å². The second-order valence-electron chi connectivity index (χ2n) is 8.09. The molecule has 3 amide bonds. The van der Waals surface area contributed by atoms with Crippen molar-refractivity contribution in [3.05, 3.63) is 82.0 Å². The van der Waals surface area contributed by atoms with Crippen LogP contribution in [0.25, 0.3) is 0 Å². The summed E-state index contributed by atoms with van der Waals surface area (Å²) in [5, 5.41) is 7.62. The molecule has 0 spiro atoms. The molecule has 174 valence electrons. The van der Waals surface area contributed by atoms with Gasteiger partial charge in [-0.2, -0.15) is 0 Å². The van der Waals surface area contributed by atoms with Gasteiger partial charge in [-0.1, -0.05) is 36.4 Å². The number of hydrogen-bond acceptors (Lipinski definition) is 4. The minimum atomic E-state index is -0.246.